The molecule has 7 rings (SSSR count). The first-order chi connectivity index (χ1) is 16.7. The van der Waals surface area contributed by atoms with Crippen molar-refractivity contribution in [1.82, 2.24) is 4.57 Å². The highest BCUT2D eigenvalue weighted by Crippen LogP contribution is 2.38. The summed E-state index contributed by atoms with van der Waals surface area (Å²) in [6.07, 6.45) is 0. The van der Waals surface area contributed by atoms with Crippen LogP contribution in [0.2, 0.25) is 0 Å². The Labute approximate surface area is 197 Å². The van der Waals surface area contributed by atoms with E-state index < -0.39 is 0 Å². The van der Waals surface area contributed by atoms with Crippen LogP contribution in [-0.2, 0) is 0 Å². The van der Waals surface area contributed by atoms with E-state index in [-0.39, 0.29) is 0 Å². The molecule has 2 heterocycles. The first-order valence-corrected chi connectivity index (χ1v) is 11.7. The van der Waals surface area contributed by atoms with Crippen molar-refractivity contribution in [2.75, 3.05) is 0 Å². The summed E-state index contributed by atoms with van der Waals surface area (Å²) in [6, 6.07) is 36.8. The van der Waals surface area contributed by atoms with Gasteiger partial charge in [0.05, 0.1) is 11.0 Å². The third-order valence-electron chi connectivity index (χ3n) is 7.07. The van der Waals surface area contributed by atoms with E-state index in [9.17, 15) is 0 Å². The summed E-state index contributed by atoms with van der Waals surface area (Å²) in [4.78, 5) is 0. The molecule has 0 amide bonds. The van der Waals surface area contributed by atoms with Crippen molar-refractivity contribution in [2.45, 2.75) is 13.8 Å². The van der Waals surface area contributed by atoms with E-state index in [1.54, 1.807) is 0 Å². The molecule has 0 radical (unpaired) electrons. The first-order valence-electron chi connectivity index (χ1n) is 11.7. The Morgan fingerprint density at radius 1 is 0.500 bits per heavy atom. The minimum absolute atomic E-state index is 0.920. The van der Waals surface area contributed by atoms with Crippen LogP contribution in [0, 0.1) is 13.8 Å². The predicted octanol–water partition coefficient (Wildman–Crippen LogP) is 8.97. The zero-order valence-electron chi connectivity index (χ0n) is 19.2. The zero-order chi connectivity index (χ0) is 22.8. The SMILES string of the molecule is Cc1ccccc1-c1cc2c3ccccc3n(-c3ccc4oc5ccccc5c4c3)c2cc1C. The van der Waals surface area contributed by atoms with Crippen molar-refractivity contribution in [3.05, 3.63) is 114 Å². The number of hydrogen-bond donors (Lipinski definition) is 0. The van der Waals surface area contributed by atoms with Crippen LogP contribution in [0.4, 0.5) is 0 Å². The van der Waals surface area contributed by atoms with E-state index >= 15 is 0 Å². The van der Waals surface area contributed by atoms with Crippen LogP contribution in [0.1, 0.15) is 11.1 Å². The summed E-state index contributed by atoms with van der Waals surface area (Å²) >= 11 is 0. The van der Waals surface area contributed by atoms with Gasteiger partial charge >= 0.3 is 0 Å². The van der Waals surface area contributed by atoms with E-state index in [1.807, 2.05) is 12.1 Å². The van der Waals surface area contributed by atoms with Crippen molar-refractivity contribution in [1.29, 1.82) is 0 Å². The molecule has 34 heavy (non-hydrogen) atoms. The molecule has 2 nitrogen and oxygen atoms in total. The minimum Gasteiger partial charge on any atom is -0.456 e. The predicted molar refractivity (Wildman–Crippen MR) is 143 cm³/mol. The monoisotopic (exact) mass is 437 g/mol. The van der Waals surface area contributed by atoms with Gasteiger partial charge in [0, 0.05) is 27.2 Å². The molecule has 0 aliphatic rings. The van der Waals surface area contributed by atoms with Crippen LogP contribution in [0.5, 0.6) is 0 Å². The number of para-hydroxylation sites is 2. The number of aromatic nitrogens is 1. The second-order valence-corrected chi connectivity index (χ2v) is 9.13. The highest BCUT2D eigenvalue weighted by atomic mass is 16.3. The molecule has 2 heteroatoms. The van der Waals surface area contributed by atoms with Gasteiger partial charge in [-0.05, 0) is 78.6 Å². The van der Waals surface area contributed by atoms with Crippen molar-refractivity contribution >= 4 is 43.7 Å². The standard InChI is InChI=1S/C32H23NO/c1-20-9-3-4-10-23(20)26-19-27-24-11-5-7-13-29(24)33(30(27)17-21(26)2)22-15-16-32-28(18-22)25-12-6-8-14-31(25)34-32/h3-19H,1-2H3. The normalized spacial score (nSPS) is 11.8. The fourth-order valence-corrected chi connectivity index (χ4v) is 5.42. The lowest BCUT2D eigenvalue weighted by Crippen LogP contribution is -1.94. The third-order valence-corrected chi connectivity index (χ3v) is 7.07. The van der Waals surface area contributed by atoms with Crippen LogP contribution in [-0.4, -0.2) is 4.57 Å². The molecule has 162 valence electrons. The van der Waals surface area contributed by atoms with E-state index in [1.165, 1.54) is 44.1 Å². The number of furan rings is 1. The molecule has 0 aliphatic heterocycles. The van der Waals surface area contributed by atoms with Gasteiger partial charge in [0.1, 0.15) is 11.2 Å². The Kier molecular flexibility index (Phi) is 4.01. The Morgan fingerprint density at radius 3 is 2.12 bits per heavy atom. The van der Waals surface area contributed by atoms with Gasteiger partial charge < -0.3 is 8.98 Å². The maximum absolute atomic E-state index is 6.09. The lowest BCUT2D eigenvalue weighted by Gasteiger charge is -2.12. The first kappa shape index (κ1) is 19.2. The smallest absolute Gasteiger partial charge is 0.135 e. The van der Waals surface area contributed by atoms with Gasteiger partial charge in [-0.15, -0.1) is 0 Å². The van der Waals surface area contributed by atoms with Gasteiger partial charge in [-0.3, -0.25) is 0 Å². The molecule has 0 N–H and O–H groups in total. The average molecular weight is 438 g/mol. The molecular weight excluding hydrogens is 414 g/mol. The van der Waals surface area contributed by atoms with Crippen LogP contribution >= 0.6 is 0 Å². The second kappa shape index (κ2) is 7.10. The highest BCUT2D eigenvalue weighted by molar-refractivity contribution is 6.12. The van der Waals surface area contributed by atoms with E-state index in [4.69, 9.17) is 4.42 Å². The second-order valence-electron chi connectivity index (χ2n) is 9.13. The van der Waals surface area contributed by atoms with Crippen molar-refractivity contribution in [3.8, 4) is 16.8 Å². The summed E-state index contributed by atoms with van der Waals surface area (Å²) in [5.41, 5.74) is 10.6. The number of rotatable bonds is 2. The van der Waals surface area contributed by atoms with Crippen LogP contribution in [0.3, 0.4) is 0 Å². The van der Waals surface area contributed by atoms with Crippen LogP contribution in [0.15, 0.2) is 108 Å². The molecule has 2 aromatic heterocycles. The zero-order valence-corrected chi connectivity index (χ0v) is 19.2. The average Bonchev–Trinajstić information content (AvgIpc) is 3.39. The third kappa shape index (κ3) is 2.69. The largest absolute Gasteiger partial charge is 0.456 e. The van der Waals surface area contributed by atoms with Crippen molar-refractivity contribution < 1.29 is 4.42 Å². The molecule has 0 atom stereocenters. The van der Waals surface area contributed by atoms with Crippen molar-refractivity contribution in [3.63, 3.8) is 0 Å². The molecule has 0 bridgehead atoms. The molecule has 0 unspecified atom stereocenters. The number of benzene rings is 5. The lowest BCUT2D eigenvalue weighted by molar-refractivity contribution is 0.669. The topological polar surface area (TPSA) is 18.1 Å². The Morgan fingerprint density at radius 2 is 1.24 bits per heavy atom. The summed E-state index contributed by atoms with van der Waals surface area (Å²) in [5.74, 6) is 0. The summed E-state index contributed by atoms with van der Waals surface area (Å²) in [5, 5.41) is 4.84. The van der Waals surface area contributed by atoms with Gasteiger partial charge in [-0.1, -0.05) is 60.7 Å². The Hall–Kier alpha value is -4.30. The van der Waals surface area contributed by atoms with E-state index in [0.29, 0.717) is 0 Å². The van der Waals surface area contributed by atoms with Crippen molar-refractivity contribution in [2.24, 2.45) is 0 Å². The summed E-state index contributed by atoms with van der Waals surface area (Å²) < 4.78 is 8.47. The number of hydrogen-bond acceptors (Lipinski definition) is 1. The van der Waals surface area contributed by atoms with Gasteiger partial charge in [-0.25, -0.2) is 0 Å². The molecule has 0 fully saturated rings. The van der Waals surface area contributed by atoms with Gasteiger partial charge in [0.15, 0.2) is 0 Å². The van der Waals surface area contributed by atoms with E-state index in [0.717, 1.165) is 27.6 Å². The quantitative estimate of drug-likeness (QED) is 0.264. The van der Waals surface area contributed by atoms with Gasteiger partial charge in [-0.2, -0.15) is 0 Å². The molecular formula is C32H23NO. The Bertz CT molecular complexity index is 1880. The fraction of sp³-hybridized carbons (Fsp3) is 0.0625. The van der Waals surface area contributed by atoms with Crippen LogP contribution in [0.25, 0.3) is 60.6 Å². The molecule has 7 aromatic rings. The molecule has 0 saturated carbocycles. The highest BCUT2D eigenvalue weighted by Gasteiger charge is 2.16. The molecule has 0 saturated heterocycles. The molecule has 5 aromatic carbocycles. The van der Waals surface area contributed by atoms with Gasteiger partial charge in [0.25, 0.3) is 0 Å². The number of aryl methyl sites for hydroxylation is 2. The van der Waals surface area contributed by atoms with Gasteiger partial charge in [0.2, 0.25) is 0 Å². The molecule has 0 spiro atoms. The number of nitrogens with zero attached hydrogens (tertiary/aromatic N) is 1. The minimum atomic E-state index is 0.920. The van der Waals surface area contributed by atoms with Crippen LogP contribution < -0.4 is 0 Å². The maximum atomic E-state index is 6.09. The fourth-order valence-electron chi connectivity index (χ4n) is 5.42. The Balaban J connectivity index is 1.56. The maximum Gasteiger partial charge on any atom is 0.135 e. The number of fused-ring (bicyclic) bond motifs is 6. The van der Waals surface area contributed by atoms with E-state index in [2.05, 4.69) is 109 Å². The summed E-state index contributed by atoms with van der Waals surface area (Å²) in [7, 11) is 0. The molecule has 0 aliphatic carbocycles. The summed E-state index contributed by atoms with van der Waals surface area (Å²) in [6.45, 7) is 4.41. The lowest BCUT2D eigenvalue weighted by atomic mass is 9.95.